The molecular weight excluding hydrogens is 282 g/mol. The summed E-state index contributed by atoms with van der Waals surface area (Å²) in [6.45, 7) is 3.70. The minimum atomic E-state index is -0.670. The number of carbonyl (C=O) groups excluding carboxylic acids is 1. The number of hydrogen-bond donors (Lipinski definition) is 3. The summed E-state index contributed by atoms with van der Waals surface area (Å²) in [5.74, 6) is 0.118. The highest BCUT2D eigenvalue weighted by Gasteiger charge is 2.25. The van der Waals surface area contributed by atoms with Gasteiger partial charge in [-0.15, -0.1) is 0 Å². The van der Waals surface area contributed by atoms with Crippen LogP contribution < -0.4 is 15.8 Å². The molecule has 0 atom stereocenters. The van der Waals surface area contributed by atoms with Crippen molar-refractivity contribution in [1.82, 2.24) is 5.32 Å². The minimum absolute atomic E-state index is 0.0378. The molecule has 1 aromatic rings. The summed E-state index contributed by atoms with van der Waals surface area (Å²) in [7, 11) is 1.47. The monoisotopic (exact) mass is 299 g/mol. The molecule has 0 bridgehead atoms. The van der Waals surface area contributed by atoms with Crippen LogP contribution in [0.3, 0.4) is 0 Å². The van der Waals surface area contributed by atoms with Gasteiger partial charge in [-0.05, 0) is 18.2 Å². The predicted octanol–water partition coefficient (Wildman–Crippen LogP) is 1.85. The van der Waals surface area contributed by atoms with Crippen LogP contribution in [0.25, 0.3) is 0 Å². The molecule has 0 saturated heterocycles. The Balaban J connectivity index is 2.85. The van der Waals surface area contributed by atoms with E-state index in [0.29, 0.717) is 16.3 Å². The third-order valence-corrected chi connectivity index (χ3v) is 3.13. The van der Waals surface area contributed by atoms with Crippen LogP contribution in [0.2, 0.25) is 5.02 Å². The summed E-state index contributed by atoms with van der Waals surface area (Å²) in [5.41, 5.74) is 5.22. The van der Waals surface area contributed by atoms with Crippen molar-refractivity contribution in [2.75, 3.05) is 13.7 Å². The number of ether oxygens (including phenoxy) is 1. The van der Waals surface area contributed by atoms with E-state index in [4.69, 9.17) is 27.3 Å². The summed E-state index contributed by atoms with van der Waals surface area (Å²) >= 11 is 5.87. The van der Waals surface area contributed by atoms with Crippen molar-refractivity contribution >= 4 is 23.3 Å². The van der Waals surface area contributed by atoms with Crippen molar-refractivity contribution < 1.29 is 14.7 Å². The van der Waals surface area contributed by atoms with Gasteiger partial charge in [0.05, 0.1) is 12.7 Å². The first-order valence-corrected chi connectivity index (χ1v) is 6.29. The Labute approximate surface area is 122 Å². The molecule has 110 valence electrons. The van der Waals surface area contributed by atoms with E-state index in [0.717, 1.165) is 0 Å². The second-order valence-corrected chi connectivity index (χ2v) is 5.33. The average Bonchev–Trinajstić information content (AvgIpc) is 2.43. The van der Waals surface area contributed by atoms with Gasteiger partial charge in [-0.3, -0.25) is 4.79 Å². The van der Waals surface area contributed by atoms with Gasteiger partial charge in [-0.1, -0.05) is 30.6 Å². The van der Waals surface area contributed by atoms with Crippen molar-refractivity contribution in [2.45, 2.75) is 13.8 Å². The molecule has 0 saturated carbocycles. The number of amides is 1. The minimum Gasteiger partial charge on any atom is -0.496 e. The van der Waals surface area contributed by atoms with E-state index in [-0.39, 0.29) is 18.3 Å². The fraction of sp³-hybridized carbons (Fsp3) is 0.385. The maximum absolute atomic E-state index is 12.1. The summed E-state index contributed by atoms with van der Waals surface area (Å²) < 4.78 is 5.11. The lowest BCUT2D eigenvalue weighted by molar-refractivity contribution is 0.0941. The maximum Gasteiger partial charge on any atom is 0.255 e. The van der Waals surface area contributed by atoms with Crippen LogP contribution in [-0.4, -0.2) is 30.6 Å². The second-order valence-electron chi connectivity index (χ2n) is 4.90. The number of rotatable bonds is 5. The molecule has 0 aliphatic carbocycles. The molecule has 0 unspecified atom stereocenters. The molecule has 0 aromatic heterocycles. The summed E-state index contributed by atoms with van der Waals surface area (Å²) in [6, 6.07) is 4.77. The lowest BCUT2D eigenvalue weighted by Gasteiger charge is -2.23. The number of oxime groups is 1. The van der Waals surface area contributed by atoms with E-state index in [1.165, 1.54) is 13.2 Å². The Bertz CT molecular complexity index is 530. The maximum atomic E-state index is 12.1. The van der Waals surface area contributed by atoms with Crippen molar-refractivity contribution in [3.8, 4) is 5.75 Å². The molecule has 1 rings (SSSR count). The summed E-state index contributed by atoms with van der Waals surface area (Å²) in [6.07, 6.45) is 0. The fourth-order valence-corrected chi connectivity index (χ4v) is 1.65. The molecule has 1 amide bonds. The number of benzene rings is 1. The Kier molecular flexibility index (Phi) is 5.21. The van der Waals surface area contributed by atoms with Gasteiger partial charge in [0.2, 0.25) is 0 Å². The molecule has 6 nitrogen and oxygen atoms in total. The molecule has 0 spiro atoms. The second kappa shape index (κ2) is 6.47. The largest absolute Gasteiger partial charge is 0.496 e. The Morgan fingerprint density at radius 3 is 2.75 bits per heavy atom. The van der Waals surface area contributed by atoms with E-state index >= 15 is 0 Å². The average molecular weight is 300 g/mol. The highest BCUT2D eigenvalue weighted by molar-refractivity contribution is 6.31. The SMILES string of the molecule is COc1ccc(Cl)cc1C(=O)NCC(C)(C)/C(N)=N/O. The van der Waals surface area contributed by atoms with Gasteiger partial charge in [0, 0.05) is 17.0 Å². The topological polar surface area (TPSA) is 96.9 Å². The van der Waals surface area contributed by atoms with Crippen LogP contribution in [0.5, 0.6) is 5.75 Å². The lowest BCUT2D eigenvalue weighted by atomic mass is 9.92. The number of hydrogen-bond acceptors (Lipinski definition) is 4. The highest BCUT2D eigenvalue weighted by Crippen LogP contribution is 2.23. The van der Waals surface area contributed by atoms with Crippen LogP contribution in [-0.2, 0) is 0 Å². The zero-order valence-corrected chi connectivity index (χ0v) is 12.4. The number of nitrogens with two attached hydrogens (primary N) is 1. The number of halogens is 1. The molecule has 20 heavy (non-hydrogen) atoms. The quantitative estimate of drug-likeness (QED) is 0.334. The van der Waals surface area contributed by atoms with E-state index in [2.05, 4.69) is 10.5 Å². The fourth-order valence-electron chi connectivity index (χ4n) is 1.48. The predicted molar refractivity (Wildman–Crippen MR) is 77.5 cm³/mol. The Morgan fingerprint density at radius 2 is 2.20 bits per heavy atom. The van der Waals surface area contributed by atoms with Crippen LogP contribution >= 0.6 is 11.6 Å². The standard InChI is InChI=1S/C13H18ClN3O3/c1-13(2,12(15)17-19)7-16-11(18)9-6-8(14)4-5-10(9)20-3/h4-6,19H,7H2,1-3H3,(H2,15,17)(H,16,18). The number of carbonyl (C=O) groups is 1. The van der Waals surface area contributed by atoms with Gasteiger partial charge in [0.15, 0.2) is 0 Å². The van der Waals surface area contributed by atoms with Crippen molar-refractivity contribution in [2.24, 2.45) is 16.3 Å². The van der Waals surface area contributed by atoms with E-state index in [9.17, 15) is 4.79 Å². The molecule has 1 aromatic carbocycles. The first kappa shape index (κ1) is 16.1. The first-order valence-electron chi connectivity index (χ1n) is 5.91. The number of methoxy groups -OCH3 is 1. The van der Waals surface area contributed by atoms with Gasteiger partial charge in [0.25, 0.3) is 5.91 Å². The van der Waals surface area contributed by atoms with Gasteiger partial charge in [0.1, 0.15) is 11.6 Å². The van der Waals surface area contributed by atoms with Crippen LogP contribution in [0, 0.1) is 5.41 Å². The number of nitrogens with zero attached hydrogens (tertiary/aromatic N) is 1. The van der Waals surface area contributed by atoms with Gasteiger partial charge in [-0.2, -0.15) is 0 Å². The van der Waals surface area contributed by atoms with Crippen LogP contribution in [0.15, 0.2) is 23.4 Å². The molecule has 0 fully saturated rings. The Hall–Kier alpha value is -1.95. The summed E-state index contributed by atoms with van der Waals surface area (Å²) in [4.78, 5) is 12.1. The van der Waals surface area contributed by atoms with Crippen molar-refractivity contribution in [1.29, 1.82) is 0 Å². The smallest absolute Gasteiger partial charge is 0.255 e. The van der Waals surface area contributed by atoms with E-state index in [1.807, 2.05) is 0 Å². The molecule has 0 aliphatic rings. The molecule has 4 N–H and O–H groups in total. The van der Waals surface area contributed by atoms with Gasteiger partial charge >= 0.3 is 0 Å². The van der Waals surface area contributed by atoms with E-state index < -0.39 is 5.41 Å². The van der Waals surface area contributed by atoms with Gasteiger partial charge in [-0.25, -0.2) is 0 Å². The normalized spacial score (nSPS) is 12.1. The lowest BCUT2D eigenvalue weighted by Crippen LogP contribution is -2.42. The zero-order valence-electron chi connectivity index (χ0n) is 11.6. The third-order valence-electron chi connectivity index (χ3n) is 2.90. The molecule has 0 heterocycles. The molecule has 7 heteroatoms. The van der Waals surface area contributed by atoms with E-state index in [1.54, 1.807) is 26.0 Å². The molecule has 0 radical (unpaired) electrons. The highest BCUT2D eigenvalue weighted by atomic mass is 35.5. The molecular formula is C13H18ClN3O3. The van der Waals surface area contributed by atoms with Crippen LogP contribution in [0.4, 0.5) is 0 Å². The van der Waals surface area contributed by atoms with Gasteiger partial charge < -0.3 is 21.0 Å². The number of amidine groups is 1. The van der Waals surface area contributed by atoms with Crippen molar-refractivity contribution in [3.05, 3.63) is 28.8 Å². The molecule has 0 aliphatic heterocycles. The Morgan fingerprint density at radius 1 is 1.55 bits per heavy atom. The zero-order chi connectivity index (χ0) is 15.3. The summed E-state index contributed by atoms with van der Waals surface area (Å²) in [5, 5.41) is 14.8. The number of nitrogens with one attached hydrogen (secondary N) is 1. The van der Waals surface area contributed by atoms with Crippen molar-refractivity contribution in [3.63, 3.8) is 0 Å². The van der Waals surface area contributed by atoms with Crippen LogP contribution in [0.1, 0.15) is 24.2 Å². The first-order chi connectivity index (χ1) is 9.31. The third kappa shape index (κ3) is 3.77.